The number of fused-ring (bicyclic) bond motifs is 4. The van der Waals surface area contributed by atoms with Crippen molar-refractivity contribution in [2.45, 2.75) is 18.9 Å². The number of aromatic amines is 1. The van der Waals surface area contributed by atoms with Gasteiger partial charge in [0, 0.05) is 36.1 Å². The van der Waals surface area contributed by atoms with Crippen molar-refractivity contribution in [3.63, 3.8) is 0 Å². The molecule has 0 radical (unpaired) electrons. The Kier molecular flexibility index (Phi) is 3.38. The summed E-state index contributed by atoms with van der Waals surface area (Å²) in [7, 11) is 0. The highest BCUT2D eigenvalue weighted by atomic mass is 16.2. The minimum absolute atomic E-state index is 0.0744. The van der Waals surface area contributed by atoms with E-state index in [0.717, 1.165) is 23.1 Å². The average Bonchev–Trinajstić information content (AvgIpc) is 3.32. The third-order valence-corrected chi connectivity index (χ3v) is 5.64. The minimum atomic E-state index is -0.0744. The number of hydrogen-bond donors (Lipinski definition) is 2. The Morgan fingerprint density at radius 2 is 2.00 bits per heavy atom. The lowest BCUT2D eigenvalue weighted by Gasteiger charge is -2.44. The molecule has 1 aromatic carbocycles. The number of hydrogen-bond acceptors (Lipinski definition) is 3. The number of piperidine rings is 3. The molecule has 2 aromatic heterocycles. The number of benzene rings is 1. The van der Waals surface area contributed by atoms with Gasteiger partial charge in [-0.25, -0.2) is 0 Å². The SMILES string of the molecule is O=C(N[C@H]1CN2CCC1CC2)c1n[nH]c2ccc(-n3cccc3)cc12. The molecule has 3 saturated heterocycles. The fourth-order valence-electron chi connectivity index (χ4n) is 4.21. The Morgan fingerprint density at radius 3 is 2.72 bits per heavy atom. The summed E-state index contributed by atoms with van der Waals surface area (Å²) in [6, 6.07) is 10.2. The van der Waals surface area contributed by atoms with Crippen LogP contribution in [0, 0.1) is 5.92 Å². The predicted octanol–water partition coefficient (Wildman–Crippen LogP) is 2.18. The number of carbonyl (C=O) groups excluding carboxylic acids is 1. The van der Waals surface area contributed by atoms with Crippen LogP contribution in [0.5, 0.6) is 0 Å². The van der Waals surface area contributed by atoms with Crippen LogP contribution in [0.2, 0.25) is 0 Å². The minimum Gasteiger partial charge on any atom is -0.346 e. The van der Waals surface area contributed by atoms with E-state index in [1.807, 2.05) is 47.3 Å². The summed E-state index contributed by atoms with van der Waals surface area (Å²) in [5, 5.41) is 11.4. The van der Waals surface area contributed by atoms with E-state index in [1.54, 1.807) is 0 Å². The molecule has 0 saturated carbocycles. The lowest BCUT2D eigenvalue weighted by Crippen LogP contribution is -2.57. The summed E-state index contributed by atoms with van der Waals surface area (Å²) in [6.45, 7) is 3.30. The van der Waals surface area contributed by atoms with E-state index in [1.165, 1.54) is 25.9 Å². The van der Waals surface area contributed by atoms with Crippen molar-refractivity contribution < 1.29 is 4.79 Å². The van der Waals surface area contributed by atoms with Crippen LogP contribution in [0.3, 0.4) is 0 Å². The Bertz CT molecular complexity index is 905. The number of aromatic nitrogens is 3. The first kappa shape index (κ1) is 14.7. The van der Waals surface area contributed by atoms with Crippen molar-refractivity contribution >= 4 is 16.8 Å². The zero-order valence-corrected chi connectivity index (χ0v) is 14.0. The molecule has 3 aliphatic rings. The molecule has 3 aliphatic heterocycles. The van der Waals surface area contributed by atoms with Gasteiger partial charge < -0.3 is 14.8 Å². The van der Waals surface area contributed by atoms with E-state index >= 15 is 0 Å². The maximum atomic E-state index is 12.8. The number of H-pyrrole nitrogens is 1. The zero-order chi connectivity index (χ0) is 16.8. The monoisotopic (exact) mass is 335 g/mol. The first-order chi connectivity index (χ1) is 12.3. The second kappa shape index (κ2) is 5.74. The maximum absolute atomic E-state index is 12.8. The Balaban J connectivity index is 1.44. The van der Waals surface area contributed by atoms with E-state index in [0.29, 0.717) is 11.6 Å². The van der Waals surface area contributed by atoms with Crippen LogP contribution in [0.1, 0.15) is 23.3 Å². The molecule has 128 valence electrons. The number of amides is 1. The maximum Gasteiger partial charge on any atom is 0.272 e. The molecule has 25 heavy (non-hydrogen) atoms. The molecular formula is C19H21N5O. The van der Waals surface area contributed by atoms with Gasteiger partial charge in [0.25, 0.3) is 5.91 Å². The summed E-state index contributed by atoms with van der Waals surface area (Å²) in [6.07, 6.45) is 6.36. The third kappa shape index (κ3) is 2.53. The molecule has 0 spiro atoms. The highest BCUT2D eigenvalue weighted by Gasteiger charge is 2.35. The van der Waals surface area contributed by atoms with Crippen LogP contribution >= 0.6 is 0 Å². The Hall–Kier alpha value is -2.60. The third-order valence-electron chi connectivity index (χ3n) is 5.64. The fraction of sp³-hybridized carbons (Fsp3) is 0.368. The molecule has 6 rings (SSSR count). The molecule has 3 fully saturated rings. The van der Waals surface area contributed by atoms with Crippen molar-refractivity contribution in [3.8, 4) is 5.69 Å². The van der Waals surface area contributed by atoms with E-state index in [2.05, 4.69) is 20.4 Å². The number of rotatable bonds is 3. The molecule has 2 N–H and O–H groups in total. The molecule has 6 nitrogen and oxygen atoms in total. The summed E-state index contributed by atoms with van der Waals surface area (Å²) >= 11 is 0. The van der Waals surface area contributed by atoms with Gasteiger partial charge >= 0.3 is 0 Å². The molecule has 2 bridgehead atoms. The number of nitrogens with one attached hydrogen (secondary N) is 2. The lowest BCUT2D eigenvalue weighted by molar-refractivity contribution is 0.0618. The van der Waals surface area contributed by atoms with Crippen LogP contribution in [0.15, 0.2) is 42.7 Å². The summed E-state index contributed by atoms with van der Waals surface area (Å²) in [5.41, 5.74) is 2.39. The van der Waals surface area contributed by atoms with Crippen LogP contribution in [-0.4, -0.2) is 51.2 Å². The van der Waals surface area contributed by atoms with Crippen molar-refractivity contribution in [2.24, 2.45) is 5.92 Å². The molecule has 1 atom stereocenters. The second-order valence-electron chi connectivity index (χ2n) is 7.11. The fourth-order valence-corrected chi connectivity index (χ4v) is 4.21. The highest BCUT2D eigenvalue weighted by molar-refractivity contribution is 6.05. The summed E-state index contributed by atoms with van der Waals surface area (Å²) < 4.78 is 2.03. The van der Waals surface area contributed by atoms with Gasteiger partial charge in [-0.1, -0.05) is 0 Å². The predicted molar refractivity (Wildman–Crippen MR) is 95.8 cm³/mol. The van der Waals surface area contributed by atoms with Crippen LogP contribution < -0.4 is 5.32 Å². The molecule has 3 aromatic rings. The van der Waals surface area contributed by atoms with Gasteiger partial charge in [0.2, 0.25) is 0 Å². The summed E-state index contributed by atoms with van der Waals surface area (Å²) in [4.78, 5) is 15.3. The van der Waals surface area contributed by atoms with Crippen molar-refractivity contribution in [3.05, 3.63) is 48.4 Å². The van der Waals surface area contributed by atoms with Crippen molar-refractivity contribution in [2.75, 3.05) is 19.6 Å². The average molecular weight is 335 g/mol. The first-order valence-corrected chi connectivity index (χ1v) is 8.92. The van der Waals surface area contributed by atoms with Crippen molar-refractivity contribution in [1.82, 2.24) is 25.0 Å². The molecule has 0 aliphatic carbocycles. The Labute approximate surface area is 145 Å². The lowest BCUT2D eigenvalue weighted by atomic mass is 9.84. The highest BCUT2D eigenvalue weighted by Crippen LogP contribution is 2.28. The van der Waals surface area contributed by atoms with E-state index < -0.39 is 0 Å². The first-order valence-electron chi connectivity index (χ1n) is 8.92. The standard InChI is InChI=1S/C19H21N5O/c25-19(20-17-12-23-9-5-13(17)6-10-23)18-15-11-14(24-7-1-2-8-24)3-4-16(15)21-22-18/h1-4,7-8,11,13,17H,5-6,9-10,12H2,(H,20,25)(H,21,22)/t17-/m0/s1. The number of carbonyl (C=O) groups is 1. The molecular weight excluding hydrogens is 314 g/mol. The topological polar surface area (TPSA) is 66.0 Å². The van der Waals surface area contributed by atoms with E-state index in [4.69, 9.17) is 0 Å². The molecule has 1 amide bonds. The van der Waals surface area contributed by atoms with Crippen molar-refractivity contribution in [1.29, 1.82) is 0 Å². The van der Waals surface area contributed by atoms with Gasteiger partial charge in [0.05, 0.1) is 5.52 Å². The second-order valence-corrected chi connectivity index (χ2v) is 7.11. The Morgan fingerprint density at radius 1 is 1.20 bits per heavy atom. The van der Waals surface area contributed by atoms with Crippen LogP contribution in [-0.2, 0) is 0 Å². The van der Waals surface area contributed by atoms with Crippen LogP contribution in [0.25, 0.3) is 16.6 Å². The smallest absolute Gasteiger partial charge is 0.272 e. The zero-order valence-electron chi connectivity index (χ0n) is 14.0. The quantitative estimate of drug-likeness (QED) is 0.771. The molecule has 5 heterocycles. The van der Waals surface area contributed by atoms with Gasteiger partial charge in [-0.3, -0.25) is 9.89 Å². The molecule has 6 heteroatoms. The van der Waals surface area contributed by atoms with Gasteiger partial charge in [-0.2, -0.15) is 5.10 Å². The van der Waals surface area contributed by atoms with Gasteiger partial charge in [0.15, 0.2) is 5.69 Å². The van der Waals surface area contributed by atoms with Gasteiger partial charge in [-0.15, -0.1) is 0 Å². The van der Waals surface area contributed by atoms with Crippen LogP contribution in [0.4, 0.5) is 0 Å². The normalized spacial score (nSPS) is 25.4. The van der Waals surface area contributed by atoms with Gasteiger partial charge in [-0.05, 0) is 62.2 Å². The molecule has 0 unspecified atom stereocenters. The van der Waals surface area contributed by atoms with E-state index in [9.17, 15) is 4.79 Å². The summed E-state index contributed by atoms with van der Waals surface area (Å²) in [5.74, 6) is 0.532. The van der Waals surface area contributed by atoms with Gasteiger partial charge in [0.1, 0.15) is 0 Å². The van der Waals surface area contributed by atoms with E-state index in [-0.39, 0.29) is 11.9 Å². The number of nitrogens with zero attached hydrogens (tertiary/aromatic N) is 3. The largest absolute Gasteiger partial charge is 0.346 e.